The number of hydrogen-bond donors (Lipinski definition) is 1. The van der Waals surface area contributed by atoms with Gasteiger partial charge in [-0.25, -0.2) is 0 Å². The molecule has 2 rings (SSSR count). The van der Waals surface area contributed by atoms with Crippen molar-refractivity contribution in [3.8, 4) is 11.5 Å². The lowest BCUT2D eigenvalue weighted by molar-refractivity contribution is 0.0665. The summed E-state index contributed by atoms with van der Waals surface area (Å²) in [4.78, 5) is 4.38. The highest BCUT2D eigenvalue weighted by Crippen LogP contribution is 2.24. The Hall–Kier alpha value is -1.72. The van der Waals surface area contributed by atoms with Gasteiger partial charge in [-0.2, -0.15) is 4.98 Å². The van der Waals surface area contributed by atoms with Crippen LogP contribution in [0.3, 0.4) is 0 Å². The Morgan fingerprint density at radius 3 is 2.75 bits per heavy atom. The van der Waals surface area contributed by atoms with Gasteiger partial charge in [-0.15, -0.1) is 0 Å². The second kappa shape index (κ2) is 6.15. The molecule has 0 aliphatic rings. The van der Waals surface area contributed by atoms with Crippen LogP contribution in [0.2, 0.25) is 0 Å². The largest absolute Gasteiger partial charge is 0.377 e. The number of ether oxygens (including phenoxy) is 1. The summed E-state index contributed by atoms with van der Waals surface area (Å²) >= 11 is 0. The monoisotopic (exact) mass is 275 g/mol. The first-order valence-corrected chi connectivity index (χ1v) is 6.76. The van der Waals surface area contributed by atoms with Gasteiger partial charge in [0.15, 0.2) is 5.82 Å². The summed E-state index contributed by atoms with van der Waals surface area (Å²) in [5.41, 5.74) is 9.26. The zero-order valence-corrected chi connectivity index (χ0v) is 12.4. The number of hydrogen-bond acceptors (Lipinski definition) is 5. The van der Waals surface area contributed by atoms with Gasteiger partial charge in [-0.3, -0.25) is 0 Å². The van der Waals surface area contributed by atoms with Gasteiger partial charge in [0.25, 0.3) is 5.89 Å². The van der Waals surface area contributed by atoms with Crippen LogP contribution < -0.4 is 5.73 Å². The summed E-state index contributed by atoms with van der Waals surface area (Å²) in [5, 5.41) is 3.95. The van der Waals surface area contributed by atoms with E-state index >= 15 is 0 Å². The Morgan fingerprint density at radius 2 is 2.05 bits per heavy atom. The lowest BCUT2D eigenvalue weighted by Crippen LogP contribution is -2.20. The van der Waals surface area contributed by atoms with E-state index in [0.717, 1.165) is 11.1 Å². The Kier molecular flexibility index (Phi) is 4.52. The third-order valence-electron chi connectivity index (χ3n) is 3.22. The standard InChI is InChI=1S/C15H21N3O2/c1-9(2)19-8-13(16)14-17-15(20-18-14)12-7-5-6-10(3)11(12)4/h5-7,9,13H,8,16H2,1-4H3. The van der Waals surface area contributed by atoms with Gasteiger partial charge in [0, 0.05) is 5.56 Å². The Labute approximate surface area is 119 Å². The number of aromatic nitrogens is 2. The van der Waals surface area contributed by atoms with Crippen LogP contribution in [0.5, 0.6) is 0 Å². The van der Waals surface area contributed by atoms with E-state index in [1.165, 1.54) is 5.56 Å². The molecule has 1 aromatic carbocycles. The van der Waals surface area contributed by atoms with Crippen molar-refractivity contribution in [2.45, 2.75) is 39.8 Å². The lowest BCUT2D eigenvalue weighted by atomic mass is 10.0. The van der Waals surface area contributed by atoms with Gasteiger partial charge in [0.1, 0.15) is 0 Å². The average Bonchev–Trinajstić information content (AvgIpc) is 2.88. The number of rotatable bonds is 5. The van der Waals surface area contributed by atoms with Crippen molar-refractivity contribution in [2.75, 3.05) is 6.61 Å². The molecule has 1 aromatic heterocycles. The number of nitrogens with two attached hydrogens (primary N) is 1. The lowest BCUT2D eigenvalue weighted by Gasteiger charge is -2.10. The summed E-state index contributed by atoms with van der Waals surface area (Å²) in [6.45, 7) is 8.40. The van der Waals surface area contributed by atoms with Crippen molar-refractivity contribution in [3.63, 3.8) is 0 Å². The van der Waals surface area contributed by atoms with E-state index < -0.39 is 0 Å². The van der Waals surface area contributed by atoms with E-state index in [2.05, 4.69) is 23.1 Å². The summed E-state index contributed by atoms with van der Waals surface area (Å²) in [5.74, 6) is 0.975. The fraction of sp³-hybridized carbons (Fsp3) is 0.467. The van der Waals surface area contributed by atoms with Crippen molar-refractivity contribution in [2.24, 2.45) is 5.73 Å². The molecule has 108 valence electrons. The molecule has 20 heavy (non-hydrogen) atoms. The maximum atomic E-state index is 5.99. The second-order valence-electron chi connectivity index (χ2n) is 5.19. The molecule has 1 heterocycles. The average molecular weight is 275 g/mol. The van der Waals surface area contributed by atoms with E-state index in [1.807, 2.05) is 32.9 Å². The second-order valence-corrected chi connectivity index (χ2v) is 5.19. The highest BCUT2D eigenvalue weighted by atomic mass is 16.5. The first-order chi connectivity index (χ1) is 9.49. The van der Waals surface area contributed by atoms with Crippen molar-refractivity contribution < 1.29 is 9.26 Å². The Morgan fingerprint density at radius 1 is 1.30 bits per heavy atom. The normalized spacial score (nSPS) is 12.9. The maximum Gasteiger partial charge on any atom is 0.258 e. The minimum atomic E-state index is -0.375. The first kappa shape index (κ1) is 14.7. The first-order valence-electron chi connectivity index (χ1n) is 6.76. The highest BCUT2D eigenvalue weighted by molar-refractivity contribution is 5.60. The minimum Gasteiger partial charge on any atom is -0.377 e. The SMILES string of the molecule is Cc1cccc(-c2nc(C(N)COC(C)C)no2)c1C. The van der Waals surface area contributed by atoms with Crippen LogP contribution in [0.25, 0.3) is 11.5 Å². The van der Waals surface area contributed by atoms with Crippen LogP contribution in [0.4, 0.5) is 0 Å². The summed E-state index contributed by atoms with van der Waals surface area (Å²) < 4.78 is 10.8. The molecule has 0 bridgehead atoms. The molecular weight excluding hydrogens is 254 g/mol. The fourth-order valence-electron chi connectivity index (χ4n) is 1.85. The van der Waals surface area contributed by atoms with Crippen LogP contribution in [-0.2, 0) is 4.74 Å². The minimum absolute atomic E-state index is 0.131. The van der Waals surface area contributed by atoms with Crippen molar-refractivity contribution >= 4 is 0 Å². The molecule has 2 N–H and O–H groups in total. The van der Waals surface area contributed by atoms with Gasteiger partial charge >= 0.3 is 0 Å². The zero-order chi connectivity index (χ0) is 14.7. The molecule has 0 saturated carbocycles. The number of aryl methyl sites for hydroxylation is 1. The Bertz CT molecular complexity index is 578. The molecule has 0 saturated heterocycles. The van der Waals surface area contributed by atoms with Crippen LogP contribution in [-0.4, -0.2) is 22.9 Å². The quantitative estimate of drug-likeness (QED) is 0.908. The van der Waals surface area contributed by atoms with Crippen LogP contribution in [0.15, 0.2) is 22.7 Å². The van der Waals surface area contributed by atoms with E-state index in [4.69, 9.17) is 15.0 Å². The molecule has 1 unspecified atom stereocenters. The molecular formula is C15H21N3O2. The van der Waals surface area contributed by atoms with E-state index in [9.17, 15) is 0 Å². The van der Waals surface area contributed by atoms with Crippen LogP contribution >= 0.6 is 0 Å². The third-order valence-corrected chi connectivity index (χ3v) is 3.22. The predicted molar refractivity (Wildman–Crippen MR) is 77.2 cm³/mol. The Balaban J connectivity index is 2.18. The molecule has 0 spiro atoms. The molecule has 1 atom stereocenters. The van der Waals surface area contributed by atoms with Crippen LogP contribution in [0, 0.1) is 13.8 Å². The molecule has 0 amide bonds. The molecule has 0 aliphatic heterocycles. The van der Waals surface area contributed by atoms with Gasteiger partial charge in [-0.05, 0) is 44.9 Å². The topological polar surface area (TPSA) is 74.2 Å². The van der Waals surface area contributed by atoms with E-state index in [0.29, 0.717) is 18.3 Å². The summed E-state index contributed by atoms with van der Waals surface area (Å²) in [6.07, 6.45) is 0.131. The van der Waals surface area contributed by atoms with Gasteiger partial charge < -0.3 is 15.0 Å². The molecule has 5 nitrogen and oxygen atoms in total. The smallest absolute Gasteiger partial charge is 0.258 e. The van der Waals surface area contributed by atoms with Gasteiger partial charge in [0.2, 0.25) is 0 Å². The van der Waals surface area contributed by atoms with Crippen molar-refractivity contribution in [3.05, 3.63) is 35.2 Å². The molecule has 5 heteroatoms. The van der Waals surface area contributed by atoms with Crippen LogP contribution in [0.1, 0.15) is 36.8 Å². The molecule has 0 fully saturated rings. The maximum absolute atomic E-state index is 5.99. The van der Waals surface area contributed by atoms with Crippen molar-refractivity contribution in [1.29, 1.82) is 0 Å². The summed E-state index contributed by atoms with van der Waals surface area (Å²) in [6, 6.07) is 5.62. The predicted octanol–water partition coefficient (Wildman–Crippen LogP) is 2.78. The molecule has 2 aromatic rings. The molecule has 0 aliphatic carbocycles. The molecule has 0 radical (unpaired) electrons. The van der Waals surface area contributed by atoms with Crippen molar-refractivity contribution in [1.82, 2.24) is 10.1 Å². The van der Waals surface area contributed by atoms with Gasteiger partial charge in [0.05, 0.1) is 18.8 Å². The van der Waals surface area contributed by atoms with E-state index in [1.54, 1.807) is 0 Å². The highest BCUT2D eigenvalue weighted by Gasteiger charge is 2.17. The third kappa shape index (κ3) is 3.23. The summed E-state index contributed by atoms with van der Waals surface area (Å²) in [7, 11) is 0. The number of nitrogens with zero attached hydrogens (tertiary/aromatic N) is 2. The zero-order valence-electron chi connectivity index (χ0n) is 12.4. The number of benzene rings is 1. The van der Waals surface area contributed by atoms with Gasteiger partial charge in [-0.1, -0.05) is 17.3 Å². The van der Waals surface area contributed by atoms with E-state index in [-0.39, 0.29) is 12.1 Å². The fourth-order valence-corrected chi connectivity index (χ4v) is 1.85.